The maximum Gasteiger partial charge on any atom is 0.316 e. The van der Waals surface area contributed by atoms with E-state index in [1.807, 2.05) is 0 Å². The lowest BCUT2D eigenvalue weighted by Crippen LogP contribution is -2.24. The monoisotopic (exact) mass is 190 g/mol. The zero-order valence-electron chi connectivity index (χ0n) is 6.44. The van der Waals surface area contributed by atoms with Gasteiger partial charge in [0.15, 0.2) is 11.1 Å². The van der Waals surface area contributed by atoms with Gasteiger partial charge in [-0.2, -0.15) is 4.99 Å². The van der Waals surface area contributed by atoms with Crippen molar-refractivity contribution in [2.45, 2.75) is 12.2 Å². The topological polar surface area (TPSA) is 126 Å². The fourth-order valence-electron chi connectivity index (χ4n) is 0.361. The molecule has 0 aliphatic rings. The van der Waals surface area contributed by atoms with Crippen molar-refractivity contribution in [1.29, 1.82) is 5.41 Å². The highest BCUT2D eigenvalue weighted by atomic mass is 32.2. The zero-order valence-corrected chi connectivity index (χ0v) is 7.26. The lowest BCUT2D eigenvalue weighted by atomic mass is 10.5. The quantitative estimate of drug-likeness (QED) is 0.341. The molecule has 0 bridgehead atoms. The average Bonchev–Trinajstić information content (AvgIpc) is 1.84. The average molecular weight is 190 g/mol. The standard InChI is InChI=1S/C5H10N4O2S/c1-2(3(10)11)12-5(8)9-4(6)7/h2H,1H3,(H,10,11)(H5,6,7,8,9). The number of nitrogens with zero attached hydrogens (tertiary/aromatic N) is 1. The van der Waals surface area contributed by atoms with Crippen LogP contribution >= 0.6 is 11.8 Å². The van der Waals surface area contributed by atoms with E-state index in [2.05, 4.69) is 4.99 Å². The third-order valence-corrected chi connectivity index (χ3v) is 1.74. The summed E-state index contributed by atoms with van der Waals surface area (Å²) in [6.07, 6.45) is 0. The Kier molecular flexibility index (Phi) is 4.12. The maximum atomic E-state index is 10.3. The number of carbonyl (C=O) groups is 1. The van der Waals surface area contributed by atoms with Crippen LogP contribution in [0.15, 0.2) is 4.99 Å². The molecule has 7 heteroatoms. The Morgan fingerprint density at radius 2 is 2.17 bits per heavy atom. The van der Waals surface area contributed by atoms with E-state index in [1.54, 1.807) is 0 Å². The molecule has 0 radical (unpaired) electrons. The Hall–Kier alpha value is -1.24. The van der Waals surface area contributed by atoms with E-state index in [0.29, 0.717) is 0 Å². The lowest BCUT2D eigenvalue weighted by molar-refractivity contribution is -0.136. The first kappa shape index (κ1) is 10.8. The van der Waals surface area contributed by atoms with Gasteiger partial charge in [0.1, 0.15) is 5.25 Å². The number of carboxylic acids is 1. The largest absolute Gasteiger partial charge is 0.480 e. The molecule has 0 amide bonds. The molecule has 0 aliphatic heterocycles. The first-order valence-electron chi connectivity index (χ1n) is 3.01. The van der Waals surface area contributed by atoms with Gasteiger partial charge >= 0.3 is 5.97 Å². The fourth-order valence-corrected chi connectivity index (χ4v) is 0.955. The first-order chi connectivity index (χ1) is 5.43. The van der Waals surface area contributed by atoms with Crippen LogP contribution in [0.3, 0.4) is 0 Å². The zero-order chi connectivity index (χ0) is 9.72. The number of amidine groups is 1. The summed E-state index contributed by atoms with van der Waals surface area (Å²) >= 11 is 0.772. The van der Waals surface area contributed by atoms with Crippen molar-refractivity contribution in [3.8, 4) is 0 Å². The summed E-state index contributed by atoms with van der Waals surface area (Å²) in [5.74, 6) is -1.25. The summed E-state index contributed by atoms with van der Waals surface area (Å²) in [7, 11) is 0. The number of hydrogen-bond donors (Lipinski definition) is 4. The van der Waals surface area contributed by atoms with Crippen molar-refractivity contribution in [2.24, 2.45) is 16.5 Å². The molecule has 0 heterocycles. The predicted molar refractivity (Wildman–Crippen MR) is 48.2 cm³/mol. The van der Waals surface area contributed by atoms with Crippen molar-refractivity contribution in [2.75, 3.05) is 0 Å². The third-order valence-electron chi connectivity index (χ3n) is 0.867. The number of aliphatic carboxylic acids is 1. The smallest absolute Gasteiger partial charge is 0.316 e. The number of nitrogens with one attached hydrogen (secondary N) is 1. The summed E-state index contributed by atoms with van der Waals surface area (Å²) in [6, 6.07) is 0. The summed E-state index contributed by atoms with van der Waals surface area (Å²) in [5.41, 5.74) is 9.94. The van der Waals surface area contributed by atoms with Gasteiger partial charge in [-0.3, -0.25) is 10.2 Å². The van der Waals surface area contributed by atoms with Crippen LogP contribution in [0.4, 0.5) is 0 Å². The molecule has 68 valence electrons. The normalized spacial score (nSPS) is 11.8. The Morgan fingerprint density at radius 1 is 1.67 bits per heavy atom. The van der Waals surface area contributed by atoms with Crippen molar-refractivity contribution >= 4 is 28.9 Å². The minimum atomic E-state index is -1.00. The van der Waals surface area contributed by atoms with Crippen LogP contribution < -0.4 is 11.5 Å². The number of aliphatic imine (C=N–C) groups is 1. The number of rotatable bonds is 2. The Morgan fingerprint density at radius 3 is 2.50 bits per heavy atom. The van der Waals surface area contributed by atoms with Crippen LogP contribution in [-0.2, 0) is 4.79 Å². The molecule has 0 aliphatic carbocycles. The number of hydrogen-bond acceptors (Lipinski definition) is 3. The van der Waals surface area contributed by atoms with Gasteiger partial charge in [-0.25, -0.2) is 0 Å². The van der Waals surface area contributed by atoms with Crippen molar-refractivity contribution in [3.63, 3.8) is 0 Å². The highest BCUT2D eigenvalue weighted by molar-refractivity contribution is 8.14. The van der Waals surface area contributed by atoms with Crippen LogP contribution in [0.5, 0.6) is 0 Å². The molecule has 6 nitrogen and oxygen atoms in total. The minimum Gasteiger partial charge on any atom is -0.480 e. The highest BCUT2D eigenvalue weighted by Gasteiger charge is 2.13. The third kappa shape index (κ3) is 4.56. The number of guanidine groups is 1. The second-order valence-corrected chi connectivity index (χ2v) is 3.27. The molecular formula is C5H10N4O2S. The molecule has 0 aromatic heterocycles. The second kappa shape index (κ2) is 4.60. The molecule has 0 aromatic carbocycles. The SMILES string of the molecule is CC(SC(=N)N=C(N)N)C(=O)O. The first-order valence-corrected chi connectivity index (χ1v) is 3.89. The molecule has 0 spiro atoms. The van der Waals surface area contributed by atoms with Gasteiger partial charge in [0.25, 0.3) is 0 Å². The van der Waals surface area contributed by atoms with Crippen molar-refractivity contribution < 1.29 is 9.90 Å². The van der Waals surface area contributed by atoms with Crippen LogP contribution in [0, 0.1) is 5.41 Å². The predicted octanol–water partition coefficient (Wildman–Crippen LogP) is -0.599. The molecular weight excluding hydrogens is 180 g/mol. The molecule has 12 heavy (non-hydrogen) atoms. The molecule has 0 aromatic rings. The van der Waals surface area contributed by atoms with Gasteiger partial charge < -0.3 is 16.6 Å². The lowest BCUT2D eigenvalue weighted by Gasteiger charge is -2.02. The van der Waals surface area contributed by atoms with Crippen LogP contribution in [0.2, 0.25) is 0 Å². The Balaban J connectivity index is 4.02. The van der Waals surface area contributed by atoms with E-state index in [-0.39, 0.29) is 11.1 Å². The summed E-state index contributed by atoms with van der Waals surface area (Å²) in [4.78, 5) is 13.6. The highest BCUT2D eigenvalue weighted by Crippen LogP contribution is 2.11. The summed E-state index contributed by atoms with van der Waals surface area (Å²) in [6.45, 7) is 1.45. The van der Waals surface area contributed by atoms with E-state index in [1.165, 1.54) is 6.92 Å². The van der Waals surface area contributed by atoms with Gasteiger partial charge in [-0.15, -0.1) is 0 Å². The molecule has 0 fully saturated rings. The molecule has 6 N–H and O–H groups in total. The van der Waals surface area contributed by atoms with Crippen molar-refractivity contribution in [3.05, 3.63) is 0 Å². The Bertz CT molecular complexity index is 223. The van der Waals surface area contributed by atoms with E-state index in [4.69, 9.17) is 22.0 Å². The molecule has 0 saturated carbocycles. The number of thioether (sulfide) groups is 1. The van der Waals surface area contributed by atoms with E-state index in [9.17, 15) is 4.79 Å². The molecule has 1 unspecified atom stereocenters. The molecule has 0 saturated heterocycles. The van der Waals surface area contributed by atoms with Gasteiger partial charge in [0, 0.05) is 0 Å². The minimum absolute atomic E-state index is 0.204. The van der Waals surface area contributed by atoms with Crippen LogP contribution in [-0.4, -0.2) is 27.5 Å². The van der Waals surface area contributed by atoms with Crippen molar-refractivity contribution in [1.82, 2.24) is 0 Å². The van der Waals surface area contributed by atoms with Gasteiger partial charge in [0.05, 0.1) is 0 Å². The van der Waals surface area contributed by atoms with Gasteiger partial charge in [-0.05, 0) is 6.92 Å². The fraction of sp³-hybridized carbons (Fsp3) is 0.400. The van der Waals surface area contributed by atoms with Crippen LogP contribution in [0.1, 0.15) is 6.92 Å². The summed E-state index contributed by atoms with van der Waals surface area (Å²) < 4.78 is 0. The molecule has 0 rings (SSSR count). The Labute approximate surface area is 73.5 Å². The van der Waals surface area contributed by atoms with Gasteiger partial charge in [0.2, 0.25) is 0 Å². The maximum absolute atomic E-state index is 10.3. The van der Waals surface area contributed by atoms with Crippen LogP contribution in [0.25, 0.3) is 0 Å². The number of carboxylic acid groups (broad SMARTS) is 1. The van der Waals surface area contributed by atoms with Gasteiger partial charge in [-0.1, -0.05) is 11.8 Å². The van der Waals surface area contributed by atoms with E-state index < -0.39 is 11.2 Å². The summed E-state index contributed by atoms with van der Waals surface area (Å²) in [5, 5.41) is 14.6. The molecule has 1 atom stereocenters. The second-order valence-electron chi connectivity index (χ2n) is 1.94. The van der Waals surface area contributed by atoms with E-state index in [0.717, 1.165) is 11.8 Å². The van der Waals surface area contributed by atoms with E-state index >= 15 is 0 Å². The number of nitrogens with two attached hydrogens (primary N) is 2.